The lowest BCUT2D eigenvalue weighted by Crippen LogP contribution is -1.98. The van der Waals surface area contributed by atoms with E-state index in [0.29, 0.717) is 0 Å². The Balaban J connectivity index is 1.90. The molecule has 1 aliphatic rings. The van der Waals surface area contributed by atoms with Gasteiger partial charge in [0.05, 0.1) is 0 Å². The second kappa shape index (κ2) is 4.55. The van der Waals surface area contributed by atoms with E-state index in [1.54, 1.807) is 0 Å². The third-order valence-corrected chi connectivity index (χ3v) is 4.64. The maximum atomic E-state index is 2.39. The number of rotatable bonds is 5. The van der Waals surface area contributed by atoms with E-state index in [1.165, 1.54) is 24.3 Å². The molecule has 0 aromatic heterocycles. The minimum absolute atomic E-state index is 0.976. The van der Waals surface area contributed by atoms with Crippen molar-refractivity contribution in [2.45, 2.75) is 26.7 Å². The van der Waals surface area contributed by atoms with E-state index >= 15 is 0 Å². The Bertz CT molecular complexity index is 89.3. The van der Waals surface area contributed by atoms with Crippen LogP contribution in [0.5, 0.6) is 0 Å². The maximum Gasteiger partial charge on any atom is 0.00653 e. The first-order chi connectivity index (χ1) is 4.84. The zero-order valence-electron chi connectivity index (χ0n) is 6.80. The molecule has 0 aliphatic heterocycles. The van der Waals surface area contributed by atoms with E-state index in [2.05, 4.69) is 13.8 Å². The first kappa shape index (κ1) is 8.79. The maximum absolute atomic E-state index is 2.39. The molecular weight excluding hydrogens is 160 g/mol. The van der Waals surface area contributed by atoms with Gasteiger partial charge in [0, 0.05) is 11.5 Å². The molecule has 0 radical (unpaired) electrons. The van der Waals surface area contributed by atoms with Gasteiger partial charge in [-0.1, -0.05) is 35.4 Å². The summed E-state index contributed by atoms with van der Waals surface area (Å²) in [7, 11) is 4.04. The molecule has 0 heterocycles. The topological polar surface area (TPSA) is 0 Å². The highest BCUT2D eigenvalue weighted by atomic mass is 33.1. The molecule has 0 aromatic carbocycles. The molecule has 2 heteroatoms. The third-order valence-electron chi connectivity index (χ3n) is 1.96. The van der Waals surface area contributed by atoms with E-state index in [9.17, 15) is 0 Å². The molecule has 0 amide bonds. The lowest BCUT2D eigenvalue weighted by Gasteiger charge is -2.06. The van der Waals surface area contributed by atoms with Crippen LogP contribution in [0.4, 0.5) is 0 Å². The fraction of sp³-hybridized carbons (Fsp3) is 1.00. The lowest BCUT2D eigenvalue weighted by atomic mass is 10.1. The van der Waals surface area contributed by atoms with Crippen molar-refractivity contribution in [2.75, 3.05) is 11.5 Å². The molecule has 0 saturated heterocycles. The van der Waals surface area contributed by atoms with E-state index in [1.807, 2.05) is 21.6 Å². The van der Waals surface area contributed by atoms with E-state index in [4.69, 9.17) is 0 Å². The lowest BCUT2D eigenvalue weighted by molar-refractivity contribution is 0.574. The summed E-state index contributed by atoms with van der Waals surface area (Å²) >= 11 is 0. The van der Waals surface area contributed by atoms with Gasteiger partial charge in [0.25, 0.3) is 0 Å². The Morgan fingerprint density at radius 2 is 2.10 bits per heavy atom. The van der Waals surface area contributed by atoms with Gasteiger partial charge >= 0.3 is 0 Å². The Morgan fingerprint density at radius 1 is 1.40 bits per heavy atom. The monoisotopic (exact) mass is 176 g/mol. The molecule has 0 bridgehead atoms. The second-order valence-corrected chi connectivity index (χ2v) is 5.80. The molecule has 1 aliphatic carbocycles. The van der Waals surface area contributed by atoms with Crippen molar-refractivity contribution in [3.8, 4) is 0 Å². The molecule has 1 rings (SSSR count). The highest BCUT2D eigenvalue weighted by molar-refractivity contribution is 8.76. The molecule has 1 unspecified atom stereocenters. The van der Waals surface area contributed by atoms with Crippen LogP contribution in [-0.4, -0.2) is 11.5 Å². The van der Waals surface area contributed by atoms with Crippen LogP contribution in [0.15, 0.2) is 0 Å². The van der Waals surface area contributed by atoms with Crippen LogP contribution in [0, 0.1) is 11.8 Å². The Labute approximate surface area is 71.9 Å². The Kier molecular flexibility index (Phi) is 4.00. The van der Waals surface area contributed by atoms with Crippen LogP contribution >= 0.6 is 21.6 Å². The fourth-order valence-electron chi connectivity index (χ4n) is 1.04. The molecule has 0 aromatic rings. The van der Waals surface area contributed by atoms with Crippen LogP contribution in [0.3, 0.4) is 0 Å². The van der Waals surface area contributed by atoms with Crippen LogP contribution in [-0.2, 0) is 0 Å². The highest BCUT2D eigenvalue weighted by Gasteiger charge is 2.27. The smallest absolute Gasteiger partial charge is 0.00653 e. The standard InChI is InChI=1S/C8H16S2/c1-3-9-10-6-7(2)8-4-5-8/h7-8H,3-6H2,1-2H3. The van der Waals surface area contributed by atoms with E-state index in [0.717, 1.165) is 11.8 Å². The minimum Gasteiger partial charge on any atom is -0.0944 e. The van der Waals surface area contributed by atoms with Crippen LogP contribution in [0.25, 0.3) is 0 Å². The van der Waals surface area contributed by atoms with Crippen molar-refractivity contribution < 1.29 is 0 Å². The summed E-state index contributed by atoms with van der Waals surface area (Å²) in [6.45, 7) is 4.61. The van der Waals surface area contributed by atoms with Crippen molar-refractivity contribution in [3.05, 3.63) is 0 Å². The summed E-state index contributed by atoms with van der Waals surface area (Å²) in [5.74, 6) is 4.68. The zero-order chi connectivity index (χ0) is 7.40. The molecule has 1 saturated carbocycles. The van der Waals surface area contributed by atoms with Gasteiger partial charge in [0.1, 0.15) is 0 Å². The van der Waals surface area contributed by atoms with Gasteiger partial charge in [-0.2, -0.15) is 0 Å². The number of hydrogen-bond donors (Lipinski definition) is 0. The van der Waals surface area contributed by atoms with Crippen LogP contribution < -0.4 is 0 Å². The molecule has 0 spiro atoms. The molecule has 0 N–H and O–H groups in total. The average molecular weight is 176 g/mol. The predicted octanol–water partition coefficient (Wildman–Crippen LogP) is 3.43. The molecule has 1 fully saturated rings. The predicted molar refractivity (Wildman–Crippen MR) is 52.5 cm³/mol. The summed E-state index contributed by atoms with van der Waals surface area (Å²) in [5.41, 5.74) is 0. The average Bonchev–Trinajstić information content (AvgIpc) is 2.69. The Hall–Kier alpha value is 0.700. The highest BCUT2D eigenvalue weighted by Crippen LogP contribution is 2.39. The summed E-state index contributed by atoms with van der Waals surface area (Å²) in [6, 6.07) is 0. The van der Waals surface area contributed by atoms with Crippen LogP contribution in [0.1, 0.15) is 26.7 Å². The summed E-state index contributed by atoms with van der Waals surface area (Å²) in [5, 5.41) is 0. The molecule has 60 valence electrons. The van der Waals surface area contributed by atoms with Gasteiger partial charge in [-0.05, 0) is 24.7 Å². The largest absolute Gasteiger partial charge is 0.0944 e. The first-order valence-electron chi connectivity index (χ1n) is 4.09. The fourth-order valence-corrected chi connectivity index (χ4v) is 3.22. The summed E-state index contributed by atoms with van der Waals surface area (Å²) in [6.07, 6.45) is 3.00. The van der Waals surface area contributed by atoms with Gasteiger partial charge in [0.15, 0.2) is 0 Å². The first-order valence-corrected chi connectivity index (χ1v) is 6.57. The minimum atomic E-state index is 0.976. The van der Waals surface area contributed by atoms with Crippen molar-refractivity contribution >= 4 is 21.6 Å². The van der Waals surface area contributed by atoms with Gasteiger partial charge < -0.3 is 0 Å². The molecule has 0 nitrogen and oxygen atoms in total. The molecule has 1 atom stereocenters. The van der Waals surface area contributed by atoms with E-state index in [-0.39, 0.29) is 0 Å². The van der Waals surface area contributed by atoms with Crippen LogP contribution in [0.2, 0.25) is 0 Å². The normalized spacial score (nSPS) is 21.0. The van der Waals surface area contributed by atoms with Gasteiger partial charge in [0.2, 0.25) is 0 Å². The van der Waals surface area contributed by atoms with Gasteiger partial charge in [-0.25, -0.2) is 0 Å². The summed E-state index contributed by atoms with van der Waals surface area (Å²) in [4.78, 5) is 0. The summed E-state index contributed by atoms with van der Waals surface area (Å²) < 4.78 is 0. The second-order valence-electron chi connectivity index (χ2n) is 3.01. The van der Waals surface area contributed by atoms with Gasteiger partial charge in [-0.15, -0.1) is 0 Å². The number of hydrogen-bond acceptors (Lipinski definition) is 2. The van der Waals surface area contributed by atoms with Crippen molar-refractivity contribution in [1.82, 2.24) is 0 Å². The quantitative estimate of drug-likeness (QED) is 0.465. The van der Waals surface area contributed by atoms with Crippen molar-refractivity contribution in [2.24, 2.45) is 11.8 Å². The van der Waals surface area contributed by atoms with E-state index < -0.39 is 0 Å². The SMILES string of the molecule is CCSSCC(C)C1CC1. The molecular formula is C8H16S2. The Morgan fingerprint density at radius 3 is 2.60 bits per heavy atom. The third kappa shape index (κ3) is 3.20. The van der Waals surface area contributed by atoms with Crippen molar-refractivity contribution in [3.63, 3.8) is 0 Å². The zero-order valence-corrected chi connectivity index (χ0v) is 8.43. The van der Waals surface area contributed by atoms with Crippen molar-refractivity contribution in [1.29, 1.82) is 0 Å². The molecule has 10 heavy (non-hydrogen) atoms. The van der Waals surface area contributed by atoms with Gasteiger partial charge in [-0.3, -0.25) is 0 Å².